The Labute approximate surface area is 167 Å². The molecule has 28 heavy (non-hydrogen) atoms. The molecule has 4 aromatic rings. The van der Waals surface area contributed by atoms with Crippen molar-refractivity contribution in [2.24, 2.45) is 7.05 Å². The first kappa shape index (κ1) is 18.5. The number of para-hydroxylation sites is 1. The molecule has 2 aromatic heterocycles. The largest absolute Gasteiger partial charge is 0.485 e. The van der Waals surface area contributed by atoms with Crippen LogP contribution in [0, 0.1) is 6.92 Å². The lowest BCUT2D eigenvalue weighted by Crippen LogP contribution is -2.20. The third kappa shape index (κ3) is 2.94. The van der Waals surface area contributed by atoms with E-state index in [2.05, 4.69) is 24.0 Å². The molecule has 0 atom stereocenters. The van der Waals surface area contributed by atoms with E-state index in [1.807, 2.05) is 41.7 Å². The maximum absolute atomic E-state index is 12.5. The summed E-state index contributed by atoms with van der Waals surface area (Å²) in [5.74, 6) is 2.17. The molecule has 0 N–H and O–H groups in total. The first-order valence-electron chi connectivity index (χ1n) is 9.13. The summed E-state index contributed by atoms with van der Waals surface area (Å²) < 4.78 is 9.45. The molecule has 0 aliphatic carbocycles. The first-order valence-corrected chi connectivity index (χ1v) is 9.51. The number of nitrogens with zero attached hydrogens (tertiary/aromatic N) is 4. The van der Waals surface area contributed by atoms with E-state index in [-0.39, 0.29) is 12.2 Å². The smallest absolute Gasteiger partial charge is 0.262 e. The van der Waals surface area contributed by atoms with Crippen LogP contribution in [0.2, 0.25) is 5.02 Å². The monoisotopic (exact) mass is 396 g/mol. The van der Waals surface area contributed by atoms with E-state index in [1.54, 1.807) is 13.1 Å². The van der Waals surface area contributed by atoms with Crippen molar-refractivity contribution >= 4 is 28.3 Å². The molecule has 0 unspecified atom stereocenters. The maximum atomic E-state index is 12.5. The van der Waals surface area contributed by atoms with Crippen LogP contribution >= 0.6 is 11.6 Å². The Bertz CT molecular complexity index is 1260. The summed E-state index contributed by atoms with van der Waals surface area (Å²) in [4.78, 5) is 12.5. The second kappa shape index (κ2) is 6.95. The van der Waals surface area contributed by atoms with Crippen LogP contribution in [-0.2, 0) is 13.7 Å². The Balaban J connectivity index is 1.78. The van der Waals surface area contributed by atoms with Gasteiger partial charge in [0, 0.05) is 12.1 Å². The number of aryl methyl sites for hydroxylation is 2. The summed E-state index contributed by atoms with van der Waals surface area (Å²) in [6.45, 7) is 6.38. The van der Waals surface area contributed by atoms with Gasteiger partial charge in [-0.2, -0.15) is 0 Å². The van der Waals surface area contributed by atoms with Crippen molar-refractivity contribution in [3.8, 4) is 5.75 Å². The SMILES string of the molecule is Cc1cc(Cl)c(C(C)C)cc1OCc1nnc2n(C)c(=O)c3ccccc3n12. The molecule has 0 radical (unpaired) electrons. The fraction of sp³-hybridized carbons (Fsp3) is 0.286. The Morgan fingerprint density at radius 3 is 2.68 bits per heavy atom. The van der Waals surface area contributed by atoms with E-state index in [0.29, 0.717) is 22.9 Å². The Kier molecular flexibility index (Phi) is 4.59. The van der Waals surface area contributed by atoms with Gasteiger partial charge in [0.2, 0.25) is 5.78 Å². The standard InChI is InChI=1S/C21H21ClN4O2/c1-12(2)15-10-18(13(3)9-16(15)22)28-11-19-23-24-21-25(4)20(27)14-7-5-6-8-17(14)26(19)21/h5-10,12H,11H2,1-4H3. The summed E-state index contributed by atoms with van der Waals surface area (Å²) in [6.07, 6.45) is 0. The Morgan fingerprint density at radius 2 is 1.93 bits per heavy atom. The lowest BCUT2D eigenvalue weighted by Gasteiger charge is -2.14. The van der Waals surface area contributed by atoms with Gasteiger partial charge in [-0.05, 0) is 48.2 Å². The van der Waals surface area contributed by atoms with E-state index in [4.69, 9.17) is 16.3 Å². The van der Waals surface area contributed by atoms with Crippen LogP contribution in [0.25, 0.3) is 16.7 Å². The summed E-state index contributed by atoms with van der Waals surface area (Å²) in [6, 6.07) is 11.3. The highest BCUT2D eigenvalue weighted by Gasteiger charge is 2.16. The molecule has 0 saturated heterocycles. The molecule has 144 valence electrons. The van der Waals surface area contributed by atoms with Gasteiger partial charge < -0.3 is 4.74 Å². The predicted octanol–water partition coefficient (Wildman–Crippen LogP) is 4.25. The number of benzene rings is 2. The van der Waals surface area contributed by atoms with E-state index in [9.17, 15) is 4.79 Å². The van der Waals surface area contributed by atoms with Gasteiger partial charge in [0.05, 0.1) is 10.9 Å². The molecular weight excluding hydrogens is 376 g/mol. The van der Waals surface area contributed by atoms with Crippen LogP contribution in [0.1, 0.15) is 36.7 Å². The van der Waals surface area contributed by atoms with Gasteiger partial charge in [-0.15, -0.1) is 10.2 Å². The van der Waals surface area contributed by atoms with Gasteiger partial charge in [0.15, 0.2) is 5.82 Å². The lowest BCUT2D eigenvalue weighted by atomic mass is 10.0. The van der Waals surface area contributed by atoms with Crippen LogP contribution < -0.4 is 10.3 Å². The normalized spacial score (nSPS) is 11.6. The number of aromatic nitrogens is 4. The molecule has 0 bridgehead atoms. The zero-order valence-electron chi connectivity index (χ0n) is 16.2. The zero-order valence-corrected chi connectivity index (χ0v) is 17.0. The highest BCUT2D eigenvalue weighted by molar-refractivity contribution is 6.31. The molecule has 0 aliphatic rings. The van der Waals surface area contributed by atoms with Crippen LogP contribution in [-0.4, -0.2) is 19.2 Å². The summed E-state index contributed by atoms with van der Waals surface area (Å²) in [5, 5.41) is 9.83. The minimum absolute atomic E-state index is 0.0990. The average Bonchev–Trinajstić information content (AvgIpc) is 3.09. The molecule has 7 heteroatoms. The van der Waals surface area contributed by atoms with Gasteiger partial charge in [-0.3, -0.25) is 13.8 Å². The van der Waals surface area contributed by atoms with Crippen molar-refractivity contribution in [1.82, 2.24) is 19.2 Å². The third-order valence-electron chi connectivity index (χ3n) is 4.97. The summed E-state index contributed by atoms with van der Waals surface area (Å²) in [5.41, 5.74) is 2.67. The Hall–Kier alpha value is -2.86. The molecule has 0 saturated carbocycles. The van der Waals surface area contributed by atoms with Crippen molar-refractivity contribution in [2.75, 3.05) is 0 Å². The van der Waals surface area contributed by atoms with Gasteiger partial charge in [0.25, 0.3) is 5.56 Å². The van der Waals surface area contributed by atoms with E-state index in [1.165, 1.54) is 4.57 Å². The molecule has 4 rings (SSSR count). The van der Waals surface area contributed by atoms with Crippen molar-refractivity contribution < 1.29 is 4.74 Å². The molecule has 0 amide bonds. The van der Waals surface area contributed by atoms with Gasteiger partial charge in [-0.25, -0.2) is 0 Å². The van der Waals surface area contributed by atoms with Crippen LogP contribution in [0.15, 0.2) is 41.2 Å². The fourth-order valence-electron chi connectivity index (χ4n) is 3.39. The molecule has 6 nitrogen and oxygen atoms in total. The molecule has 2 heterocycles. The number of ether oxygens (including phenoxy) is 1. The molecule has 0 spiro atoms. The number of hydrogen-bond donors (Lipinski definition) is 0. The number of halogens is 1. The summed E-state index contributed by atoms with van der Waals surface area (Å²) >= 11 is 6.36. The van der Waals surface area contributed by atoms with Crippen LogP contribution in [0.4, 0.5) is 0 Å². The minimum Gasteiger partial charge on any atom is -0.485 e. The van der Waals surface area contributed by atoms with Crippen molar-refractivity contribution in [1.29, 1.82) is 0 Å². The van der Waals surface area contributed by atoms with E-state index < -0.39 is 0 Å². The molecule has 0 aliphatic heterocycles. The zero-order chi connectivity index (χ0) is 20.0. The van der Waals surface area contributed by atoms with Crippen molar-refractivity contribution in [2.45, 2.75) is 33.3 Å². The highest BCUT2D eigenvalue weighted by atomic mass is 35.5. The number of hydrogen-bond acceptors (Lipinski definition) is 4. The predicted molar refractivity (Wildman–Crippen MR) is 110 cm³/mol. The van der Waals surface area contributed by atoms with Crippen LogP contribution in [0.5, 0.6) is 5.75 Å². The van der Waals surface area contributed by atoms with E-state index >= 15 is 0 Å². The molecular formula is C21H21ClN4O2. The van der Waals surface area contributed by atoms with Gasteiger partial charge >= 0.3 is 0 Å². The van der Waals surface area contributed by atoms with Gasteiger partial charge in [0.1, 0.15) is 12.4 Å². The second-order valence-electron chi connectivity index (χ2n) is 7.22. The fourth-order valence-corrected chi connectivity index (χ4v) is 3.83. The maximum Gasteiger partial charge on any atom is 0.262 e. The first-order chi connectivity index (χ1) is 13.4. The Morgan fingerprint density at radius 1 is 1.18 bits per heavy atom. The lowest BCUT2D eigenvalue weighted by molar-refractivity contribution is 0.292. The van der Waals surface area contributed by atoms with E-state index in [0.717, 1.165) is 27.4 Å². The van der Waals surface area contributed by atoms with Crippen LogP contribution in [0.3, 0.4) is 0 Å². The van der Waals surface area contributed by atoms with Gasteiger partial charge in [-0.1, -0.05) is 37.6 Å². The number of rotatable bonds is 4. The minimum atomic E-state index is -0.0990. The highest BCUT2D eigenvalue weighted by Crippen LogP contribution is 2.31. The topological polar surface area (TPSA) is 61.4 Å². The molecule has 2 aromatic carbocycles. The quantitative estimate of drug-likeness (QED) is 0.517. The summed E-state index contributed by atoms with van der Waals surface area (Å²) in [7, 11) is 1.70. The average molecular weight is 397 g/mol. The van der Waals surface area contributed by atoms with Crippen molar-refractivity contribution in [3.63, 3.8) is 0 Å². The van der Waals surface area contributed by atoms with Crippen molar-refractivity contribution in [3.05, 3.63) is 68.7 Å². The third-order valence-corrected chi connectivity index (χ3v) is 5.29. The molecule has 0 fully saturated rings. The second-order valence-corrected chi connectivity index (χ2v) is 7.62. The number of fused-ring (bicyclic) bond motifs is 3.